The van der Waals surface area contributed by atoms with E-state index < -0.39 is 0 Å². The predicted octanol–water partition coefficient (Wildman–Crippen LogP) is 2.89. The minimum Gasteiger partial charge on any atom is -0.396 e. The lowest BCUT2D eigenvalue weighted by Crippen LogP contribution is -2.39. The van der Waals surface area contributed by atoms with Crippen LogP contribution in [-0.4, -0.2) is 47.7 Å². The van der Waals surface area contributed by atoms with Crippen molar-refractivity contribution in [2.24, 2.45) is 16.8 Å². The molecule has 23 heavy (non-hydrogen) atoms. The molecule has 0 spiro atoms. The zero-order valence-corrected chi connectivity index (χ0v) is 16.0. The van der Waals surface area contributed by atoms with Gasteiger partial charge in [0.05, 0.1) is 17.2 Å². The molecule has 0 saturated heterocycles. The Bertz CT molecular complexity index is 473. The largest absolute Gasteiger partial charge is 0.396 e. The average molecular weight is 341 g/mol. The third kappa shape index (κ3) is 7.79. The number of hydrogen-bond acceptors (Lipinski definition) is 4. The van der Waals surface area contributed by atoms with Crippen LogP contribution in [0.25, 0.3) is 0 Å². The molecule has 6 heteroatoms. The number of aryl methyl sites for hydroxylation is 1. The Morgan fingerprint density at radius 1 is 1.48 bits per heavy atom. The topological polar surface area (TPSA) is 60.8 Å². The molecule has 132 valence electrons. The van der Waals surface area contributed by atoms with E-state index in [1.54, 1.807) is 11.3 Å². The van der Waals surface area contributed by atoms with Crippen molar-refractivity contribution in [3.8, 4) is 0 Å². The lowest BCUT2D eigenvalue weighted by Gasteiger charge is -2.23. The van der Waals surface area contributed by atoms with Gasteiger partial charge >= 0.3 is 0 Å². The zero-order chi connectivity index (χ0) is 17.2. The van der Waals surface area contributed by atoms with Gasteiger partial charge in [-0.05, 0) is 38.5 Å². The second kappa shape index (κ2) is 10.6. The molecule has 0 aliphatic rings. The average Bonchev–Trinajstić information content (AvgIpc) is 2.87. The molecule has 0 aliphatic heterocycles. The summed E-state index contributed by atoms with van der Waals surface area (Å²) in [6, 6.07) is 0. The van der Waals surface area contributed by atoms with Crippen LogP contribution in [0.3, 0.4) is 0 Å². The summed E-state index contributed by atoms with van der Waals surface area (Å²) < 4.78 is 0. The molecule has 0 amide bonds. The molecule has 1 aromatic rings. The summed E-state index contributed by atoms with van der Waals surface area (Å²) in [6.45, 7) is 11.1. The fourth-order valence-electron chi connectivity index (χ4n) is 2.62. The molecule has 1 rings (SSSR count). The second-order valence-electron chi connectivity index (χ2n) is 6.42. The third-order valence-corrected chi connectivity index (χ3v) is 4.43. The number of hydrogen-bond donors (Lipinski definition) is 2. The van der Waals surface area contributed by atoms with Crippen LogP contribution in [-0.2, 0) is 6.54 Å². The van der Waals surface area contributed by atoms with E-state index in [-0.39, 0.29) is 6.61 Å². The summed E-state index contributed by atoms with van der Waals surface area (Å²) in [6.07, 6.45) is 1.91. The first-order chi connectivity index (χ1) is 11.0. The summed E-state index contributed by atoms with van der Waals surface area (Å²) in [5.74, 6) is 1.97. The molecule has 1 heterocycles. The first kappa shape index (κ1) is 19.9. The van der Waals surface area contributed by atoms with Crippen LogP contribution in [0, 0.1) is 18.8 Å². The quantitative estimate of drug-likeness (QED) is 0.536. The van der Waals surface area contributed by atoms with Crippen molar-refractivity contribution in [2.45, 2.75) is 47.1 Å². The highest BCUT2D eigenvalue weighted by Gasteiger charge is 2.13. The SMILES string of the molecule is CCNC(=NCC(CCO)CC(C)C)N(C)Cc1csc(C)n1. The van der Waals surface area contributed by atoms with Gasteiger partial charge in [-0.25, -0.2) is 4.98 Å². The minimum atomic E-state index is 0.234. The summed E-state index contributed by atoms with van der Waals surface area (Å²) >= 11 is 1.68. The van der Waals surface area contributed by atoms with Crippen molar-refractivity contribution in [1.82, 2.24) is 15.2 Å². The summed E-state index contributed by atoms with van der Waals surface area (Å²) in [5, 5.41) is 15.8. The molecule has 1 unspecified atom stereocenters. The molecule has 0 bridgehead atoms. The standard InChI is InChI=1S/C17H32N4OS/c1-6-18-17(19-10-15(7-8-22)9-13(2)3)21(5)11-16-12-23-14(4)20-16/h12-13,15,22H,6-11H2,1-5H3,(H,18,19). The number of thiazole rings is 1. The summed E-state index contributed by atoms with van der Waals surface area (Å²) in [7, 11) is 2.04. The fourth-order valence-corrected chi connectivity index (χ4v) is 3.22. The van der Waals surface area contributed by atoms with Crippen molar-refractivity contribution in [3.63, 3.8) is 0 Å². The van der Waals surface area contributed by atoms with E-state index in [1.807, 2.05) is 14.0 Å². The van der Waals surface area contributed by atoms with Gasteiger partial charge in [0.1, 0.15) is 0 Å². The highest BCUT2D eigenvalue weighted by molar-refractivity contribution is 7.09. The van der Waals surface area contributed by atoms with Crippen molar-refractivity contribution >= 4 is 17.3 Å². The first-order valence-electron chi connectivity index (χ1n) is 8.47. The third-order valence-electron chi connectivity index (χ3n) is 3.60. The van der Waals surface area contributed by atoms with E-state index in [1.165, 1.54) is 0 Å². The Hall–Kier alpha value is -1.14. The monoisotopic (exact) mass is 340 g/mol. The lowest BCUT2D eigenvalue weighted by atomic mass is 9.94. The van der Waals surface area contributed by atoms with Gasteiger partial charge in [-0.1, -0.05) is 13.8 Å². The van der Waals surface area contributed by atoms with Crippen LogP contribution in [0.1, 0.15) is 44.3 Å². The predicted molar refractivity (Wildman–Crippen MR) is 98.9 cm³/mol. The van der Waals surface area contributed by atoms with Gasteiger partial charge in [0.2, 0.25) is 0 Å². The molecular formula is C17H32N4OS. The van der Waals surface area contributed by atoms with Gasteiger partial charge in [0.15, 0.2) is 5.96 Å². The van der Waals surface area contributed by atoms with Crippen molar-refractivity contribution in [2.75, 3.05) is 26.7 Å². The molecule has 1 atom stereocenters. The number of aliphatic hydroxyl groups is 1. The smallest absolute Gasteiger partial charge is 0.194 e. The van der Waals surface area contributed by atoms with Gasteiger partial charge < -0.3 is 15.3 Å². The highest BCUT2D eigenvalue weighted by Crippen LogP contribution is 2.16. The molecular weight excluding hydrogens is 308 g/mol. The van der Waals surface area contributed by atoms with Crippen molar-refractivity contribution in [1.29, 1.82) is 0 Å². The Labute approximate surface area is 144 Å². The maximum Gasteiger partial charge on any atom is 0.194 e. The van der Waals surface area contributed by atoms with E-state index in [2.05, 4.69) is 41.4 Å². The minimum absolute atomic E-state index is 0.234. The van der Waals surface area contributed by atoms with E-state index in [9.17, 15) is 5.11 Å². The fraction of sp³-hybridized carbons (Fsp3) is 0.765. The van der Waals surface area contributed by atoms with Crippen LogP contribution in [0.15, 0.2) is 10.4 Å². The lowest BCUT2D eigenvalue weighted by molar-refractivity contribution is 0.245. The zero-order valence-electron chi connectivity index (χ0n) is 15.2. The first-order valence-corrected chi connectivity index (χ1v) is 9.35. The molecule has 0 fully saturated rings. The van der Waals surface area contributed by atoms with E-state index in [4.69, 9.17) is 4.99 Å². The van der Waals surface area contributed by atoms with Crippen molar-refractivity contribution < 1.29 is 5.11 Å². The molecule has 5 nitrogen and oxygen atoms in total. The number of nitrogens with zero attached hydrogens (tertiary/aromatic N) is 3. The number of nitrogens with one attached hydrogen (secondary N) is 1. The van der Waals surface area contributed by atoms with Gasteiger partial charge in [0.25, 0.3) is 0 Å². The molecule has 0 aliphatic carbocycles. The number of aliphatic imine (C=N–C) groups is 1. The van der Waals surface area contributed by atoms with Crippen LogP contribution in [0.4, 0.5) is 0 Å². The van der Waals surface area contributed by atoms with Gasteiger partial charge in [-0.15, -0.1) is 11.3 Å². The van der Waals surface area contributed by atoms with Crippen LogP contribution in [0.2, 0.25) is 0 Å². The number of aliphatic hydroxyl groups excluding tert-OH is 1. The molecule has 0 aromatic carbocycles. The number of rotatable bonds is 9. The Morgan fingerprint density at radius 2 is 2.22 bits per heavy atom. The number of aromatic nitrogens is 1. The Morgan fingerprint density at radius 3 is 2.74 bits per heavy atom. The van der Waals surface area contributed by atoms with Crippen LogP contribution >= 0.6 is 11.3 Å². The summed E-state index contributed by atoms with van der Waals surface area (Å²) in [5.41, 5.74) is 1.08. The molecule has 1 aromatic heterocycles. The van der Waals surface area contributed by atoms with Crippen molar-refractivity contribution in [3.05, 3.63) is 16.1 Å². The summed E-state index contributed by atoms with van der Waals surface area (Å²) in [4.78, 5) is 11.4. The molecule has 0 radical (unpaired) electrons. The van der Waals surface area contributed by atoms with E-state index in [0.29, 0.717) is 11.8 Å². The Balaban J connectivity index is 2.69. The second-order valence-corrected chi connectivity index (χ2v) is 7.48. The van der Waals surface area contributed by atoms with Crippen LogP contribution in [0.5, 0.6) is 0 Å². The van der Waals surface area contributed by atoms with Gasteiger partial charge in [-0.3, -0.25) is 4.99 Å². The van der Waals surface area contributed by atoms with E-state index >= 15 is 0 Å². The van der Waals surface area contributed by atoms with Crippen LogP contribution < -0.4 is 5.32 Å². The maximum absolute atomic E-state index is 9.24. The Kier molecular flexibility index (Phi) is 9.17. The highest BCUT2D eigenvalue weighted by atomic mass is 32.1. The normalized spacial score (nSPS) is 13.4. The number of guanidine groups is 1. The van der Waals surface area contributed by atoms with Gasteiger partial charge in [0, 0.05) is 32.1 Å². The molecule has 2 N–H and O–H groups in total. The van der Waals surface area contributed by atoms with E-state index in [0.717, 1.165) is 49.1 Å². The van der Waals surface area contributed by atoms with Gasteiger partial charge in [-0.2, -0.15) is 0 Å². The maximum atomic E-state index is 9.24. The molecule has 0 saturated carbocycles.